The van der Waals surface area contributed by atoms with E-state index < -0.39 is 0 Å². The molecule has 5 nitrogen and oxygen atoms in total. The molecule has 43 heavy (non-hydrogen) atoms. The molecule has 1 aliphatic carbocycles. The number of imidazole rings is 1. The molecule has 0 saturated heterocycles. The van der Waals surface area contributed by atoms with Gasteiger partial charge in [0.05, 0.1) is 17.0 Å². The highest BCUT2D eigenvalue weighted by atomic mass is 16.3. The molecule has 0 aliphatic heterocycles. The summed E-state index contributed by atoms with van der Waals surface area (Å²) in [5.41, 5.74) is 9.40. The van der Waals surface area contributed by atoms with Crippen molar-refractivity contribution in [1.29, 1.82) is 0 Å². The summed E-state index contributed by atoms with van der Waals surface area (Å²) >= 11 is 0. The number of pyridine rings is 1. The topological polar surface area (TPSA) is 64.1 Å². The highest BCUT2D eigenvalue weighted by Gasteiger charge is 2.25. The average molecular weight is 556 g/mol. The van der Waals surface area contributed by atoms with Crippen LogP contribution in [0.2, 0.25) is 0 Å². The molecule has 0 unspecified atom stereocenters. The van der Waals surface area contributed by atoms with E-state index in [0.717, 1.165) is 57.4 Å². The molecule has 0 fully saturated rings. The minimum Gasteiger partial charge on any atom is -0.507 e. The van der Waals surface area contributed by atoms with E-state index in [2.05, 4.69) is 48.5 Å². The van der Waals surface area contributed by atoms with Crippen molar-refractivity contribution in [2.75, 3.05) is 0 Å². The Balaban J connectivity index is 1.33. The summed E-state index contributed by atoms with van der Waals surface area (Å²) in [6.45, 7) is 0. The van der Waals surface area contributed by atoms with Crippen LogP contribution in [0, 0.1) is 0 Å². The van der Waals surface area contributed by atoms with Gasteiger partial charge in [-0.05, 0) is 53.6 Å². The van der Waals surface area contributed by atoms with E-state index in [0.29, 0.717) is 17.0 Å². The standard InChI is InChI=1S/C38H25N3O2/c42-33-21-35-30(27-15-8-9-17-34(27)43-35)20-31(33)38-39-32(22-41(38)24-11-2-1-3-12-24)37-28-16-7-6-14-26(28)29-19-18-23-10-4-5-13-25(23)36(29)40-37/h1-17,20-22,42H,18-19H2. The van der Waals surface area contributed by atoms with E-state index >= 15 is 0 Å². The Morgan fingerprint density at radius 2 is 1.35 bits per heavy atom. The first kappa shape index (κ1) is 24.0. The van der Waals surface area contributed by atoms with Gasteiger partial charge in [-0.25, -0.2) is 9.97 Å². The summed E-state index contributed by atoms with van der Waals surface area (Å²) in [5, 5.41) is 15.6. The van der Waals surface area contributed by atoms with Crippen LogP contribution in [0.15, 0.2) is 126 Å². The molecule has 3 heterocycles. The minimum atomic E-state index is 0.109. The zero-order chi connectivity index (χ0) is 28.5. The fourth-order valence-electron chi connectivity index (χ4n) is 6.63. The monoisotopic (exact) mass is 555 g/mol. The molecule has 1 aliphatic rings. The number of furan rings is 1. The number of benzene rings is 5. The van der Waals surface area contributed by atoms with E-state index in [9.17, 15) is 5.11 Å². The highest BCUT2D eigenvalue weighted by molar-refractivity contribution is 6.07. The van der Waals surface area contributed by atoms with Crippen LogP contribution in [0.5, 0.6) is 5.75 Å². The van der Waals surface area contributed by atoms with Crippen molar-refractivity contribution in [2.24, 2.45) is 0 Å². The summed E-state index contributed by atoms with van der Waals surface area (Å²) in [7, 11) is 0. The maximum absolute atomic E-state index is 11.3. The van der Waals surface area contributed by atoms with Gasteiger partial charge in [-0.2, -0.15) is 0 Å². The van der Waals surface area contributed by atoms with Crippen molar-refractivity contribution in [1.82, 2.24) is 14.5 Å². The van der Waals surface area contributed by atoms with Gasteiger partial charge in [0.25, 0.3) is 0 Å². The van der Waals surface area contributed by atoms with Crippen LogP contribution < -0.4 is 0 Å². The molecule has 0 saturated carbocycles. The molecule has 3 aromatic heterocycles. The van der Waals surface area contributed by atoms with Crippen LogP contribution in [0.25, 0.3) is 72.4 Å². The molecule has 1 N–H and O–H groups in total. The van der Waals surface area contributed by atoms with Crippen LogP contribution >= 0.6 is 0 Å². The van der Waals surface area contributed by atoms with Gasteiger partial charge < -0.3 is 9.52 Å². The van der Waals surface area contributed by atoms with Crippen molar-refractivity contribution in [2.45, 2.75) is 12.8 Å². The first-order valence-electron chi connectivity index (χ1n) is 14.5. The van der Waals surface area contributed by atoms with Crippen molar-refractivity contribution in [3.05, 3.63) is 133 Å². The van der Waals surface area contributed by atoms with Gasteiger partial charge in [-0.1, -0.05) is 84.9 Å². The number of phenols is 1. The third-order valence-electron chi connectivity index (χ3n) is 8.65. The fraction of sp³-hybridized carbons (Fsp3) is 0.0526. The molecule has 5 aromatic carbocycles. The lowest BCUT2D eigenvalue weighted by Crippen LogP contribution is -2.07. The maximum Gasteiger partial charge on any atom is 0.149 e. The quantitative estimate of drug-likeness (QED) is 0.236. The summed E-state index contributed by atoms with van der Waals surface area (Å²) < 4.78 is 8.09. The van der Waals surface area contributed by atoms with Crippen LogP contribution in [0.4, 0.5) is 0 Å². The van der Waals surface area contributed by atoms with Crippen molar-refractivity contribution in [3.63, 3.8) is 0 Å². The lowest BCUT2D eigenvalue weighted by atomic mass is 9.86. The molecule has 0 bridgehead atoms. The lowest BCUT2D eigenvalue weighted by Gasteiger charge is -2.22. The number of aryl methyl sites for hydroxylation is 2. The second kappa shape index (κ2) is 9.16. The zero-order valence-electron chi connectivity index (χ0n) is 23.2. The smallest absolute Gasteiger partial charge is 0.149 e. The van der Waals surface area contributed by atoms with Crippen LogP contribution in [0.1, 0.15) is 11.1 Å². The predicted molar refractivity (Wildman–Crippen MR) is 172 cm³/mol. The summed E-state index contributed by atoms with van der Waals surface area (Å²) in [6.07, 6.45) is 4.00. The van der Waals surface area contributed by atoms with Crippen molar-refractivity contribution >= 4 is 32.7 Å². The molecule has 5 heteroatoms. The molecule has 8 aromatic rings. The SMILES string of the molecule is Oc1cc2oc3ccccc3c2cc1-c1nc(-c2nc3c(c4ccccc24)CCc2ccccc2-3)cn1-c1ccccc1. The Hall–Kier alpha value is -5.68. The fourth-order valence-corrected chi connectivity index (χ4v) is 6.63. The van der Waals surface area contributed by atoms with Gasteiger partial charge in [0, 0.05) is 39.7 Å². The van der Waals surface area contributed by atoms with Crippen LogP contribution in [-0.2, 0) is 12.8 Å². The van der Waals surface area contributed by atoms with Crippen molar-refractivity contribution < 1.29 is 9.52 Å². The molecule has 0 spiro atoms. The van der Waals surface area contributed by atoms with Crippen molar-refractivity contribution in [3.8, 4) is 45.5 Å². The van der Waals surface area contributed by atoms with Crippen LogP contribution in [-0.4, -0.2) is 19.6 Å². The van der Waals surface area contributed by atoms with Gasteiger partial charge in [0.1, 0.15) is 28.4 Å². The molecular weight excluding hydrogens is 530 g/mol. The second-order valence-corrected chi connectivity index (χ2v) is 11.1. The number of aromatic hydroxyl groups is 1. The number of hydrogen-bond acceptors (Lipinski definition) is 4. The Bertz CT molecular complexity index is 2370. The number of para-hydroxylation sites is 2. The summed E-state index contributed by atoms with van der Waals surface area (Å²) in [6, 6.07) is 38.8. The number of aromatic nitrogens is 3. The van der Waals surface area contributed by atoms with E-state index in [1.54, 1.807) is 6.07 Å². The van der Waals surface area contributed by atoms with E-state index in [1.807, 2.05) is 71.4 Å². The third kappa shape index (κ3) is 3.65. The Labute approximate surface area is 247 Å². The predicted octanol–water partition coefficient (Wildman–Crippen LogP) is 9.13. The first-order valence-corrected chi connectivity index (χ1v) is 14.5. The second-order valence-electron chi connectivity index (χ2n) is 11.1. The number of rotatable bonds is 3. The number of phenolic OH excluding ortho intramolecular Hbond substituents is 1. The zero-order valence-corrected chi connectivity index (χ0v) is 23.2. The Kier molecular flexibility index (Phi) is 5.11. The van der Waals surface area contributed by atoms with Gasteiger partial charge in [0.2, 0.25) is 0 Å². The Morgan fingerprint density at radius 3 is 2.23 bits per heavy atom. The highest BCUT2D eigenvalue weighted by Crippen LogP contribution is 2.42. The number of fused-ring (bicyclic) bond motifs is 8. The molecule has 0 radical (unpaired) electrons. The Morgan fingerprint density at radius 1 is 0.605 bits per heavy atom. The van der Waals surface area contributed by atoms with E-state index in [-0.39, 0.29) is 5.75 Å². The van der Waals surface area contributed by atoms with Gasteiger partial charge >= 0.3 is 0 Å². The molecule has 204 valence electrons. The van der Waals surface area contributed by atoms with Gasteiger partial charge in [0.15, 0.2) is 0 Å². The number of hydrogen-bond donors (Lipinski definition) is 1. The molecule has 0 atom stereocenters. The number of nitrogens with zero attached hydrogens (tertiary/aromatic N) is 3. The lowest BCUT2D eigenvalue weighted by molar-refractivity contribution is 0.476. The molecular formula is C38H25N3O2. The first-order chi connectivity index (χ1) is 21.2. The summed E-state index contributed by atoms with van der Waals surface area (Å²) in [4.78, 5) is 10.6. The average Bonchev–Trinajstić information content (AvgIpc) is 3.66. The van der Waals surface area contributed by atoms with Gasteiger partial charge in [-0.3, -0.25) is 4.57 Å². The van der Waals surface area contributed by atoms with E-state index in [4.69, 9.17) is 14.4 Å². The normalized spacial score (nSPS) is 12.6. The van der Waals surface area contributed by atoms with Gasteiger partial charge in [-0.15, -0.1) is 0 Å². The largest absolute Gasteiger partial charge is 0.507 e. The summed E-state index contributed by atoms with van der Waals surface area (Å²) in [5.74, 6) is 0.743. The molecule has 0 amide bonds. The van der Waals surface area contributed by atoms with Crippen LogP contribution in [0.3, 0.4) is 0 Å². The maximum atomic E-state index is 11.3. The molecule has 9 rings (SSSR count). The minimum absolute atomic E-state index is 0.109. The van der Waals surface area contributed by atoms with E-state index in [1.165, 1.54) is 22.1 Å². The third-order valence-corrected chi connectivity index (χ3v) is 8.65.